The highest BCUT2D eigenvalue weighted by Crippen LogP contribution is 2.26. The molecular formula is C19H18N2O3. The van der Waals surface area contributed by atoms with Gasteiger partial charge in [-0.25, -0.2) is 0 Å². The number of carbonyl (C=O) groups excluding carboxylic acids is 1. The molecule has 0 radical (unpaired) electrons. The summed E-state index contributed by atoms with van der Waals surface area (Å²) in [6.07, 6.45) is 0. The number of carbonyl (C=O) groups is 1. The summed E-state index contributed by atoms with van der Waals surface area (Å²) in [7, 11) is 1.64. The zero-order valence-electron chi connectivity index (χ0n) is 13.6. The van der Waals surface area contributed by atoms with Crippen molar-refractivity contribution in [1.29, 1.82) is 0 Å². The van der Waals surface area contributed by atoms with Gasteiger partial charge < -0.3 is 14.6 Å². The maximum atomic E-state index is 12.7. The van der Waals surface area contributed by atoms with Crippen LogP contribution in [0.3, 0.4) is 0 Å². The third-order valence-corrected chi connectivity index (χ3v) is 3.63. The first-order valence-electron chi connectivity index (χ1n) is 7.60. The van der Waals surface area contributed by atoms with Gasteiger partial charge in [-0.1, -0.05) is 47.6 Å². The van der Waals surface area contributed by atoms with Gasteiger partial charge in [0, 0.05) is 18.4 Å². The summed E-state index contributed by atoms with van der Waals surface area (Å²) in [4.78, 5) is 12.7. The first-order chi connectivity index (χ1) is 11.7. The number of nitrogens with zero attached hydrogens (tertiary/aromatic N) is 1. The van der Waals surface area contributed by atoms with Gasteiger partial charge in [0.05, 0.1) is 6.61 Å². The third-order valence-electron chi connectivity index (χ3n) is 3.63. The zero-order chi connectivity index (χ0) is 16.9. The highest BCUT2D eigenvalue weighted by Gasteiger charge is 2.21. The maximum absolute atomic E-state index is 12.7. The van der Waals surface area contributed by atoms with E-state index < -0.39 is 0 Å². The first kappa shape index (κ1) is 16.0. The van der Waals surface area contributed by atoms with Crippen molar-refractivity contribution < 1.29 is 14.1 Å². The van der Waals surface area contributed by atoms with Crippen molar-refractivity contribution in [3.05, 3.63) is 71.5 Å². The average molecular weight is 322 g/mol. The molecule has 0 bridgehead atoms. The summed E-state index contributed by atoms with van der Waals surface area (Å²) in [5, 5.41) is 6.94. The Bertz CT molecular complexity index is 841. The quantitative estimate of drug-likeness (QED) is 0.769. The zero-order valence-corrected chi connectivity index (χ0v) is 13.6. The van der Waals surface area contributed by atoms with E-state index in [1.165, 1.54) is 0 Å². The lowest BCUT2D eigenvalue weighted by Gasteiger charge is -2.07. The molecule has 5 heteroatoms. The predicted octanol–water partition coefficient (Wildman–Crippen LogP) is 4.05. The number of amides is 1. The highest BCUT2D eigenvalue weighted by atomic mass is 16.5. The van der Waals surface area contributed by atoms with Crippen LogP contribution in [0.1, 0.15) is 21.7 Å². The van der Waals surface area contributed by atoms with Crippen LogP contribution in [-0.2, 0) is 11.3 Å². The minimum atomic E-state index is -0.248. The Morgan fingerprint density at radius 3 is 2.71 bits per heavy atom. The molecule has 0 spiro atoms. The minimum absolute atomic E-state index is 0.248. The molecule has 0 saturated carbocycles. The van der Waals surface area contributed by atoms with Crippen LogP contribution < -0.4 is 5.32 Å². The maximum Gasteiger partial charge on any atom is 0.261 e. The molecule has 0 aliphatic heterocycles. The van der Waals surface area contributed by atoms with Gasteiger partial charge in [0.15, 0.2) is 0 Å². The molecule has 122 valence electrons. The molecule has 2 aromatic carbocycles. The Hall–Kier alpha value is -2.92. The molecule has 1 aromatic heterocycles. The number of aromatic nitrogens is 1. The van der Waals surface area contributed by atoms with Crippen LogP contribution in [0.5, 0.6) is 0 Å². The van der Waals surface area contributed by atoms with Crippen molar-refractivity contribution in [2.24, 2.45) is 0 Å². The standard InChI is InChI=1S/C19H18N2O3/c1-13-17(18(21-24-13)15-8-4-3-5-9-15)19(22)20-16-10-6-7-14(11-16)12-23-2/h3-11H,12H2,1-2H3,(H,20,22). The second-order valence-electron chi connectivity index (χ2n) is 5.42. The summed E-state index contributed by atoms with van der Waals surface area (Å²) in [5.41, 5.74) is 3.51. The van der Waals surface area contributed by atoms with Crippen molar-refractivity contribution in [3.63, 3.8) is 0 Å². The average Bonchev–Trinajstić information content (AvgIpc) is 2.98. The number of hydrogen-bond donors (Lipinski definition) is 1. The second-order valence-corrected chi connectivity index (χ2v) is 5.42. The van der Waals surface area contributed by atoms with Gasteiger partial charge in [-0.05, 0) is 24.6 Å². The molecule has 0 atom stereocenters. The van der Waals surface area contributed by atoms with E-state index in [4.69, 9.17) is 9.26 Å². The Kier molecular flexibility index (Phi) is 4.72. The van der Waals surface area contributed by atoms with Crippen molar-refractivity contribution in [2.45, 2.75) is 13.5 Å². The van der Waals surface area contributed by atoms with Gasteiger partial charge in [-0.2, -0.15) is 0 Å². The van der Waals surface area contributed by atoms with E-state index in [0.717, 1.165) is 11.1 Å². The number of hydrogen-bond acceptors (Lipinski definition) is 4. The topological polar surface area (TPSA) is 64.4 Å². The van der Waals surface area contributed by atoms with Crippen LogP contribution in [0.15, 0.2) is 59.1 Å². The van der Waals surface area contributed by atoms with Gasteiger partial charge in [0.1, 0.15) is 17.0 Å². The van der Waals surface area contributed by atoms with E-state index in [1.807, 2.05) is 54.6 Å². The van der Waals surface area contributed by atoms with Gasteiger partial charge in [-0.15, -0.1) is 0 Å². The van der Waals surface area contributed by atoms with Crippen LogP contribution in [0.4, 0.5) is 5.69 Å². The normalized spacial score (nSPS) is 10.6. The van der Waals surface area contributed by atoms with E-state index in [-0.39, 0.29) is 5.91 Å². The fourth-order valence-electron chi connectivity index (χ4n) is 2.53. The Balaban J connectivity index is 1.88. The summed E-state index contributed by atoms with van der Waals surface area (Å²) in [5.74, 6) is 0.238. The van der Waals surface area contributed by atoms with Crippen molar-refractivity contribution in [1.82, 2.24) is 5.16 Å². The molecule has 3 rings (SSSR count). The SMILES string of the molecule is COCc1cccc(NC(=O)c2c(-c3ccccc3)noc2C)c1. The molecule has 0 aliphatic rings. The lowest BCUT2D eigenvalue weighted by atomic mass is 10.1. The minimum Gasteiger partial charge on any atom is -0.380 e. The number of anilines is 1. The van der Waals surface area contributed by atoms with Crippen LogP contribution >= 0.6 is 0 Å². The summed E-state index contributed by atoms with van der Waals surface area (Å²) < 4.78 is 10.4. The van der Waals surface area contributed by atoms with Crippen LogP contribution in [0, 0.1) is 6.92 Å². The van der Waals surface area contributed by atoms with Gasteiger partial charge in [0.2, 0.25) is 0 Å². The molecule has 0 saturated heterocycles. The first-order valence-corrected chi connectivity index (χ1v) is 7.60. The van der Waals surface area contributed by atoms with Crippen LogP contribution in [-0.4, -0.2) is 18.2 Å². The molecule has 3 aromatic rings. The molecule has 24 heavy (non-hydrogen) atoms. The Morgan fingerprint density at radius 2 is 1.96 bits per heavy atom. The molecule has 1 heterocycles. The molecule has 0 fully saturated rings. The molecule has 1 N–H and O–H groups in total. The lowest BCUT2D eigenvalue weighted by molar-refractivity contribution is 0.102. The molecule has 0 unspecified atom stereocenters. The number of rotatable bonds is 5. The predicted molar refractivity (Wildman–Crippen MR) is 91.8 cm³/mol. The van der Waals surface area contributed by atoms with Crippen molar-refractivity contribution in [2.75, 3.05) is 12.4 Å². The fourth-order valence-corrected chi connectivity index (χ4v) is 2.53. The van der Waals surface area contributed by atoms with E-state index in [9.17, 15) is 4.79 Å². The molecule has 1 amide bonds. The second kappa shape index (κ2) is 7.10. The highest BCUT2D eigenvalue weighted by molar-refractivity contribution is 6.08. The monoisotopic (exact) mass is 322 g/mol. The Morgan fingerprint density at radius 1 is 1.17 bits per heavy atom. The van der Waals surface area contributed by atoms with E-state index in [2.05, 4.69) is 10.5 Å². The smallest absolute Gasteiger partial charge is 0.261 e. The molecule has 0 aliphatic carbocycles. The van der Waals surface area contributed by atoms with Crippen LogP contribution in [0.25, 0.3) is 11.3 Å². The molecule has 5 nitrogen and oxygen atoms in total. The molecular weight excluding hydrogens is 304 g/mol. The van der Waals surface area contributed by atoms with E-state index in [0.29, 0.717) is 29.3 Å². The van der Waals surface area contributed by atoms with Gasteiger partial charge in [0.25, 0.3) is 5.91 Å². The van der Waals surface area contributed by atoms with Crippen molar-refractivity contribution in [3.8, 4) is 11.3 Å². The largest absolute Gasteiger partial charge is 0.380 e. The number of aryl methyl sites for hydroxylation is 1. The summed E-state index contributed by atoms with van der Waals surface area (Å²) in [6.45, 7) is 2.22. The van der Waals surface area contributed by atoms with E-state index in [1.54, 1.807) is 14.0 Å². The lowest BCUT2D eigenvalue weighted by Crippen LogP contribution is -2.13. The Labute approximate surface area is 140 Å². The third kappa shape index (κ3) is 3.36. The number of benzene rings is 2. The number of methoxy groups -OCH3 is 1. The van der Waals surface area contributed by atoms with Gasteiger partial charge in [-0.3, -0.25) is 4.79 Å². The van der Waals surface area contributed by atoms with E-state index >= 15 is 0 Å². The van der Waals surface area contributed by atoms with Gasteiger partial charge >= 0.3 is 0 Å². The number of ether oxygens (including phenoxy) is 1. The number of nitrogens with one attached hydrogen (secondary N) is 1. The summed E-state index contributed by atoms with van der Waals surface area (Å²) in [6, 6.07) is 17.0. The van der Waals surface area contributed by atoms with Crippen molar-refractivity contribution >= 4 is 11.6 Å². The summed E-state index contributed by atoms with van der Waals surface area (Å²) >= 11 is 0. The van der Waals surface area contributed by atoms with Crippen LogP contribution in [0.2, 0.25) is 0 Å². The fraction of sp³-hybridized carbons (Fsp3) is 0.158.